The van der Waals surface area contributed by atoms with Crippen molar-refractivity contribution in [3.63, 3.8) is 0 Å². The minimum atomic E-state index is -0.849. The van der Waals surface area contributed by atoms with Crippen LogP contribution < -0.4 is 5.32 Å². The van der Waals surface area contributed by atoms with Gasteiger partial charge in [0.15, 0.2) is 11.6 Å². The van der Waals surface area contributed by atoms with Crippen LogP contribution in [0, 0.1) is 17.6 Å². The highest BCUT2D eigenvalue weighted by Crippen LogP contribution is 2.19. The summed E-state index contributed by atoms with van der Waals surface area (Å²) in [6, 6.07) is 2.30. The van der Waals surface area contributed by atoms with Crippen LogP contribution >= 0.6 is 0 Å². The lowest BCUT2D eigenvalue weighted by Gasteiger charge is -2.03. The van der Waals surface area contributed by atoms with E-state index in [0.717, 1.165) is 43.9 Å². The fraction of sp³-hybridized carbons (Fsp3) is 0.417. The zero-order valence-electron chi connectivity index (χ0n) is 9.26. The van der Waals surface area contributed by atoms with Crippen molar-refractivity contribution in [1.82, 2.24) is 15.3 Å². The number of halogens is 2. The Morgan fingerprint density at radius 1 is 1.29 bits per heavy atom. The first-order valence-electron chi connectivity index (χ1n) is 5.77. The molecule has 1 saturated heterocycles. The van der Waals surface area contributed by atoms with Crippen LogP contribution in [0.2, 0.25) is 0 Å². The Hall–Kier alpha value is -1.49. The summed E-state index contributed by atoms with van der Waals surface area (Å²) in [5, 5.41) is 3.28. The Balaban J connectivity index is 1.90. The monoisotopic (exact) mass is 237 g/mol. The van der Waals surface area contributed by atoms with Crippen LogP contribution in [0.25, 0.3) is 11.0 Å². The minimum Gasteiger partial charge on any atom is -0.342 e. The largest absolute Gasteiger partial charge is 0.342 e. The Kier molecular flexibility index (Phi) is 2.55. The molecule has 5 heteroatoms. The third-order valence-electron chi connectivity index (χ3n) is 3.22. The van der Waals surface area contributed by atoms with E-state index in [1.165, 1.54) is 0 Å². The van der Waals surface area contributed by atoms with E-state index in [4.69, 9.17) is 0 Å². The molecule has 1 fully saturated rings. The van der Waals surface area contributed by atoms with E-state index in [1.54, 1.807) is 0 Å². The van der Waals surface area contributed by atoms with Crippen LogP contribution in [-0.4, -0.2) is 23.1 Å². The Morgan fingerprint density at radius 3 is 2.88 bits per heavy atom. The number of imidazole rings is 1. The lowest BCUT2D eigenvalue weighted by atomic mass is 10.1. The molecule has 90 valence electrons. The first-order chi connectivity index (χ1) is 8.22. The van der Waals surface area contributed by atoms with E-state index in [-0.39, 0.29) is 0 Å². The van der Waals surface area contributed by atoms with Crippen molar-refractivity contribution >= 4 is 11.0 Å². The van der Waals surface area contributed by atoms with Gasteiger partial charge in [-0.3, -0.25) is 0 Å². The van der Waals surface area contributed by atoms with Crippen molar-refractivity contribution in [3.8, 4) is 0 Å². The van der Waals surface area contributed by atoms with Crippen LogP contribution in [0.4, 0.5) is 8.78 Å². The van der Waals surface area contributed by atoms with Gasteiger partial charge in [-0.15, -0.1) is 0 Å². The summed E-state index contributed by atoms with van der Waals surface area (Å²) in [6.45, 7) is 2.02. The molecular weight excluding hydrogens is 224 g/mol. The number of aromatic nitrogens is 2. The summed E-state index contributed by atoms with van der Waals surface area (Å²) in [5.74, 6) is -0.322. The molecule has 3 nitrogen and oxygen atoms in total. The molecule has 0 saturated carbocycles. The van der Waals surface area contributed by atoms with Crippen molar-refractivity contribution in [2.45, 2.75) is 12.8 Å². The van der Waals surface area contributed by atoms with Crippen molar-refractivity contribution < 1.29 is 8.78 Å². The SMILES string of the molecule is Fc1cc2nc(CC3CCNC3)[nH]c2cc1F. The fourth-order valence-corrected chi connectivity index (χ4v) is 2.32. The second kappa shape index (κ2) is 4.07. The van der Waals surface area contributed by atoms with Crippen LogP contribution in [-0.2, 0) is 6.42 Å². The highest BCUT2D eigenvalue weighted by atomic mass is 19.2. The van der Waals surface area contributed by atoms with E-state index in [0.29, 0.717) is 17.0 Å². The van der Waals surface area contributed by atoms with E-state index >= 15 is 0 Å². The first kappa shape index (κ1) is 10.7. The van der Waals surface area contributed by atoms with Gasteiger partial charge in [0.2, 0.25) is 0 Å². The van der Waals surface area contributed by atoms with Crippen LogP contribution in [0.1, 0.15) is 12.2 Å². The highest BCUT2D eigenvalue weighted by molar-refractivity contribution is 5.75. The van der Waals surface area contributed by atoms with Gasteiger partial charge in [0, 0.05) is 18.6 Å². The van der Waals surface area contributed by atoms with Crippen molar-refractivity contribution in [3.05, 3.63) is 29.6 Å². The molecule has 1 aliphatic heterocycles. The molecule has 0 amide bonds. The Bertz CT molecular complexity index is 505. The van der Waals surface area contributed by atoms with Gasteiger partial charge < -0.3 is 10.3 Å². The molecule has 1 unspecified atom stereocenters. The van der Waals surface area contributed by atoms with E-state index < -0.39 is 11.6 Å². The summed E-state index contributed by atoms with van der Waals surface area (Å²) in [6.07, 6.45) is 1.95. The normalized spacial score (nSPS) is 20.2. The molecule has 2 N–H and O–H groups in total. The zero-order valence-corrected chi connectivity index (χ0v) is 9.26. The lowest BCUT2D eigenvalue weighted by molar-refractivity contribution is 0.510. The molecule has 2 heterocycles. The quantitative estimate of drug-likeness (QED) is 0.838. The van der Waals surface area contributed by atoms with Gasteiger partial charge in [-0.25, -0.2) is 13.8 Å². The van der Waals surface area contributed by atoms with Gasteiger partial charge in [-0.1, -0.05) is 0 Å². The van der Waals surface area contributed by atoms with Crippen LogP contribution in [0.15, 0.2) is 12.1 Å². The predicted octanol–water partition coefficient (Wildman–Crippen LogP) is 1.99. The summed E-state index contributed by atoms with van der Waals surface area (Å²) in [7, 11) is 0. The van der Waals surface area contributed by atoms with Gasteiger partial charge in [0.05, 0.1) is 11.0 Å². The highest BCUT2D eigenvalue weighted by Gasteiger charge is 2.17. The molecule has 1 aromatic heterocycles. The number of hydrogen-bond donors (Lipinski definition) is 2. The van der Waals surface area contributed by atoms with E-state index in [2.05, 4.69) is 15.3 Å². The number of rotatable bonds is 2. The number of benzene rings is 1. The number of nitrogens with zero attached hydrogens (tertiary/aromatic N) is 1. The summed E-state index contributed by atoms with van der Waals surface area (Å²) in [4.78, 5) is 7.33. The van der Waals surface area contributed by atoms with Gasteiger partial charge in [0.1, 0.15) is 5.82 Å². The van der Waals surface area contributed by atoms with Gasteiger partial charge in [0.25, 0.3) is 0 Å². The number of nitrogens with one attached hydrogen (secondary N) is 2. The van der Waals surface area contributed by atoms with Crippen LogP contribution in [0.5, 0.6) is 0 Å². The lowest BCUT2D eigenvalue weighted by Crippen LogP contribution is -2.11. The van der Waals surface area contributed by atoms with Crippen molar-refractivity contribution in [2.24, 2.45) is 5.92 Å². The molecular formula is C12H13F2N3. The number of fused-ring (bicyclic) bond motifs is 1. The second-order valence-electron chi connectivity index (χ2n) is 4.53. The first-order valence-corrected chi connectivity index (χ1v) is 5.77. The third kappa shape index (κ3) is 2.02. The van der Waals surface area contributed by atoms with E-state index in [1.807, 2.05) is 0 Å². The van der Waals surface area contributed by atoms with Crippen molar-refractivity contribution in [1.29, 1.82) is 0 Å². The molecule has 0 spiro atoms. The molecule has 0 aliphatic carbocycles. The molecule has 2 aromatic rings. The molecule has 0 radical (unpaired) electrons. The summed E-state index contributed by atoms with van der Waals surface area (Å²) < 4.78 is 26.1. The second-order valence-corrected chi connectivity index (χ2v) is 4.53. The predicted molar refractivity (Wildman–Crippen MR) is 60.7 cm³/mol. The molecule has 0 bridgehead atoms. The smallest absolute Gasteiger partial charge is 0.161 e. The number of hydrogen-bond acceptors (Lipinski definition) is 2. The zero-order chi connectivity index (χ0) is 11.8. The molecule has 3 rings (SSSR count). The third-order valence-corrected chi connectivity index (χ3v) is 3.22. The van der Waals surface area contributed by atoms with E-state index in [9.17, 15) is 8.78 Å². The summed E-state index contributed by atoms with van der Waals surface area (Å²) >= 11 is 0. The number of H-pyrrole nitrogens is 1. The maximum absolute atomic E-state index is 13.0. The topological polar surface area (TPSA) is 40.7 Å². The van der Waals surface area contributed by atoms with Gasteiger partial charge in [-0.2, -0.15) is 0 Å². The average Bonchev–Trinajstić information content (AvgIpc) is 2.89. The fourth-order valence-electron chi connectivity index (χ4n) is 2.32. The van der Waals surface area contributed by atoms with Crippen molar-refractivity contribution in [2.75, 3.05) is 13.1 Å². The molecule has 1 atom stereocenters. The standard InChI is InChI=1S/C12H13F2N3/c13-8-4-10-11(5-9(8)14)17-12(16-10)3-7-1-2-15-6-7/h4-5,7,15H,1-3,6H2,(H,16,17). The van der Waals surface area contributed by atoms with Gasteiger partial charge in [-0.05, 0) is 25.4 Å². The maximum Gasteiger partial charge on any atom is 0.161 e. The van der Waals surface area contributed by atoms with Crippen LogP contribution in [0.3, 0.4) is 0 Å². The molecule has 17 heavy (non-hydrogen) atoms. The average molecular weight is 237 g/mol. The molecule has 1 aliphatic rings. The van der Waals surface area contributed by atoms with Gasteiger partial charge >= 0.3 is 0 Å². The Morgan fingerprint density at radius 2 is 2.12 bits per heavy atom. The minimum absolute atomic E-state index is 0.491. The molecule has 1 aromatic carbocycles. The number of aromatic amines is 1. The summed E-state index contributed by atoms with van der Waals surface area (Å²) in [5.41, 5.74) is 1.05. The maximum atomic E-state index is 13.0. The Labute approximate surface area is 97.2 Å².